The molecule has 1 saturated heterocycles. The number of nitrogens with zero attached hydrogens (tertiary/aromatic N) is 1. The molecule has 1 aliphatic rings. The quantitative estimate of drug-likeness (QED) is 0.566. The smallest absolute Gasteiger partial charge is 0.307 e. The summed E-state index contributed by atoms with van der Waals surface area (Å²) < 4.78 is 0. The van der Waals surface area contributed by atoms with E-state index >= 15 is 0 Å². The molecular weight excluding hydrogens is 300 g/mol. The van der Waals surface area contributed by atoms with Gasteiger partial charge >= 0.3 is 6.03 Å². The van der Waals surface area contributed by atoms with Gasteiger partial charge in [-0.15, -0.1) is 0 Å². The summed E-state index contributed by atoms with van der Waals surface area (Å²) >= 11 is 0. The van der Waals surface area contributed by atoms with E-state index in [9.17, 15) is 19.2 Å². The van der Waals surface area contributed by atoms with Crippen LogP contribution in [0.3, 0.4) is 0 Å². The molecule has 1 aliphatic heterocycles. The van der Waals surface area contributed by atoms with Gasteiger partial charge in [0.05, 0.1) is 6.54 Å². The molecule has 5 amide bonds. The monoisotopic (exact) mass is 318 g/mol. The van der Waals surface area contributed by atoms with Crippen LogP contribution >= 0.6 is 0 Å². The Hall–Kier alpha value is -2.90. The van der Waals surface area contributed by atoms with Crippen molar-refractivity contribution < 1.29 is 19.2 Å². The van der Waals surface area contributed by atoms with Crippen LogP contribution in [0.5, 0.6) is 0 Å². The van der Waals surface area contributed by atoms with E-state index in [-0.39, 0.29) is 43.5 Å². The average molecular weight is 318 g/mol. The molecule has 0 bridgehead atoms. The van der Waals surface area contributed by atoms with Crippen molar-refractivity contribution in [2.75, 3.05) is 5.32 Å². The number of carbonyl (C=O) groups is 4. The third kappa shape index (κ3) is 4.53. The lowest BCUT2D eigenvalue weighted by molar-refractivity contribution is -0.139. The molecule has 8 heteroatoms. The van der Waals surface area contributed by atoms with Gasteiger partial charge in [0.25, 0.3) is 0 Å². The summed E-state index contributed by atoms with van der Waals surface area (Å²) in [6.07, 6.45) is 0.799. The highest BCUT2D eigenvalue weighted by molar-refractivity contribution is 6.01. The largest absolute Gasteiger partial charge is 0.337 e. The average Bonchev–Trinajstić information content (AvgIpc) is 2.86. The van der Waals surface area contributed by atoms with Crippen LogP contribution in [0.25, 0.3) is 0 Å². The van der Waals surface area contributed by atoms with Gasteiger partial charge in [0, 0.05) is 24.9 Å². The van der Waals surface area contributed by atoms with E-state index in [4.69, 9.17) is 0 Å². The molecule has 1 fully saturated rings. The molecule has 0 radical (unpaired) electrons. The SMILES string of the molecule is CCC(=O)NNC(=O)Nc1ccc(CN2C(=O)CCC2=O)cc1. The van der Waals surface area contributed by atoms with Gasteiger partial charge in [-0.3, -0.25) is 24.7 Å². The summed E-state index contributed by atoms with van der Waals surface area (Å²) in [4.78, 5) is 46.9. The highest BCUT2D eigenvalue weighted by atomic mass is 16.2. The highest BCUT2D eigenvalue weighted by Crippen LogP contribution is 2.17. The lowest BCUT2D eigenvalue weighted by Gasteiger charge is -2.14. The fourth-order valence-corrected chi connectivity index (χ4v) is 2.05. The molecule has 122 valence electrons. The number of nitrogens with one attached hydrogen (secondary N) is 3. The van der Waals surface area contributed by atoms with Gasteiger partial charge in [-0.25, -0.2) is 10.2 Å². The van der Waals surface area contributed by atoms with Crippen LogP contribution < -0.4 is 16.2 Å². The fraction of sp³-hybridized carbons (Fsp3) is 0.333. The molecule has 1 aromatic rings. The number of benzene rings is 1. The van der Waals surface area contributed by atoms with Gasteiger partial charge in [0.1, 0.15) is 0 Å². The van der Waals surface area contributed by atoms with E-state index < -0.39 is 6.03 Å². The second kappa shape index (κ2) is 7.39. The molecule has 0 aliphatic carbocycles. The zero-order valence-corrected chi connectivity index (χ0v) is 12.7. The fourth-order valence-electron chi connectivity index (χ4n) is 2.05. The first kappa shape index (κ1) is 16.5. The first-order chi connectivity index (χ1) is 11.0. The number of amides is 5. The topological polar surface area (TPSA) is 108 Å². The van der Waals surface area contributed by atoms with Crippen LogP contribution in [-0.4, -0.2) is 28.7 Å². The van der Waals surface area contributed by atoms with Crippen LogP contribution in [0.15, 0.2) is 24.3 Å². The number of carbonyl (C=O) groups excluding carboxylic acids is 4. The normalized spacial score (nSPS) is 13.9. The van der Waals surface area contributed by atoms with Gasteiger partial charge in [0.15, 0.2) is 0 Å². The Balaban J connectivity index is 1.87. The van der Waals surface area contributed by atoms with Crippen molar-refractivity contribution in [1.29, 1.82) is 0 Å². The van der Waals surface area contributed by atoms with Crippen molar-refractivity contribution in [3.05, 3.63) is 29.8 Å². The van der Waals surface area contributed by atoms with Crippen LogP contribution in [0.4, 0.5) is 10.5 Å². The minimum Gasteiger partial charge on any atom is -0.307 e. The number of likely N-dealkylation sites (tertiary alicyclic amines) is 1. The predicted octanol–water partition coefficient (Wildman–Crippen LogP) is 0.898. The summed E-state index contributed by atoms with van der Waals surface area (Å²) in [5.74, 6) is -0.623. The number of hydrazine groups is 1. The molecule has 1 aromatic carbocycles. The van der Waals surface area contributed by atoms with Crippen LogP contribution in [0.2, 0.25) is 0 Å². The third-order valence-corrected chi connectivity index (χ3v) is 3.34. The van der Waals surface area contributed by atoms with Gasteiger partial charge in [0.2, 0.25) is 17.7 Å². The van der Waals surface area contributed by atoms with Crippen molar-refractivity contribution in [2.45, 2.75) is 32.7 Å². The third-order valence-electron chi connectivity index (χ3n) is 3.34. The maximum Gasteiger partial charge on any atom is 0.337 e. The molecule has 1 heterocycles. The van der Waals surface area contributed by atoms with Crippen LogP contribution in [-0.2, 0) is 20.9 Å². The molecule has 0 spiro atoms. The summed E-state index contributed by atoms with van der Waals surface area (Å²) in [6, 6.07) is 6.19. The van der Waals surface area contributed by atoms with E-state index in [0.29, 0.717) is 5.69 Å². The van der Waals surface area contributed by atoms with Crippen molar-refractivity contribution in [3.63, 3.8) is 0 Å². The lowest BCUT2D eigenvalue weighted by atomic mass is 10.2. The molecule has 0 aromatic heterocycles. The highest BCUT2D eigenvalue weighted by Gasteiger charge is 2.28. The molecule has 23 heavy (non-hydrogen) atoms. The Bertz CT molecular complexity index is 611. The predicted molar refractivity (Wildman–Crippen MR) is 81.8 cm³/mol. The number of hydrogen-bond acceptors (Lipinski definition) is 4. The number of anilines is 1. The van der Waals surface area contributed by atoms with Gasteiger partial charge in [-0.2, -0.15) is 0 Å². The maximum atomic E-state index is 11.6. The Labute approximate surface area is 133 Å². The number of imide groups is 1. The van der Waals surface area contributed by atoms with Crippen LogP contribution in [0, 0.1) is 0 Å². The zero-order chi connectivity index (χ0) is 16.8. The molecule has 3 N–H and O–H groups in total. The molecule has 8 nitrogen and oxygen atoms in total. The van der Waals surface area contributed by atoms with Crippen molar-refractivity contribution in [1.82, 2.24) is 15.8 Å². The second-order valence-corrected chi connectivity index (χ2v) is 5.05. The van der Waals surface area contributed by atoms with E-state index in [1.54, 1.807) is 31.2 Å². The standard InChI is InChI=1S/C15H18N4O4/c1-2-12(20)17-18-15(23)16-11-5-3-10(4-6-11)9-19-13(21)7-8-14(19)22/h3-6H,2,7-9H2,1H3,(H,17,20)(H2,16,18,23). The summed E-state index contributed by atoms with van der Waals surface area (Å²) in [5.41, 5.74) is 5.77. The van der Waals surface area contributed by atoms with Crippen molar-refractivity contribution in [2.24, 2.45) is 0 Å². The Kier molecular flexibility index (Phi) is 5.29. The molecule has 0 unspecified atom stereocenters. The van der Waals surface area contributed by atoms with Gasteiger partial charge in [-0.1, -0.05) is 19.1 Å². The Morgan fingerprint density at radius 3 is 2.22 bits per heavy atom. The molecule has 0 saturated carbocycles. The Morgan fingerprint density at radius 2 is 1.65 bits per heavy atom. The van der Waals surface area contributed by atoms with Gasteiger partial charge in [-0.05, 0) is 17.7 Å². The first-order valence-corrected chi connectivity index (χ1v) is 7.27. The molecular formula is C15H18N4O4. The van der Waals surface area contributed by atoms with E-state index in [1.807, 2.05) is 0 Å². The minimum atomic E-state index is -0.565. The van der Waals surface area contributed by atoms with Crippen LogP contribution in [0.1, 0.15) is 31.7 Å². The van der Waals surface area contributed by atoms with Gasteiger partial charge < -0.3 is 5.32 Å². The zero-order valence-electron chi connectivity index (χ0n) is 12.7. The number of hydrogen-bond donors (Lipinski definition) is 3. The number of urea groups is 1. The molecule has 0 atom stereocenters. The second-order valence-electron chi connectivity index (χ2n) is 5.05. The summed E-state index contributed by atoms with van der Waals surface area (Å²) in [6.45, 7) is 1.90. The van der Waals surface area contributed by atoms with E-state index in [2.05, 4.69) is 16.2 Å². The van der Waals surface area contributed by atoms with Crippen molar-refractivity contribution in [3.8, 4) is 0 Å². The van der Waals surface area contributed by atoms with E-state index in [1.165, 1.54) is 4.90 Å². The molecule has 2 rings (SSSR count). The lowest BCUT2D eigenvalue weighted by Crippen LogP contribution is -2.43. The number of rotatable bonds is 4. The first-order valence-electron chi connectivity index (χ1n) is 7.27. The van der Waals surface area contributed by atoms with E-state index in [0.717, 1.165) is 5.56 Å². The maximum absolute atomic E-state index is 11.6. The van der Waals surface area contributed by atoms with Crippen molar-refractivity contribution >= 4 is 29.4 Å². The Morgan fingerprint density at radius 1 is 1.04 bits per heavy atom. The summed E-state index contributed by atoms with van der Waals surface area (Å²) in [7, 11) is 0. The summed E-state index contributed by atoms with van der Waals surface area (Å²) in [5, 5.41) is 2.55. The minimum absolute atomic E-state index is 0.164.